The SMILES string of the molecule is COC(=O)c1ccccc1NC(=S)NC(NC(=O)C(c1ccccc1)c1ccccc1)C(Cl)(Cl)Cl. The van der Waals surface area contributed by atoms with E-state index in [1.54, 1.807) is 24.3 Å². The fourth-order valence-electron chi connectivity index (χ4n) is 3.38. The van der Waals surface area contributed by atoms with E-state index in [2.05, 4.69) is 16.0 Å². The first-order chi connectivity index (χ1) is 16.7. The van der Waals surface area contributed by atoms with E-state index in [0.717, 1.165) is 11.1 Å². The van der Waals surface area contributed by atoms with Gasteiger partial charge in [0, 0.05) is 0 Å². The van der Waals surface area contributed by atoms with Gasteiger partial charge in [0.15, 0.2) is 5.11 Å². The van der Waals surface area contributed by atoms with Crippen molar-refractivity contribution in [2.24, 2.45) is 0 Å². The fourth-order valence-corrected chi connectivity index (χ4v) is 3.94. The monoisotopic (exact) mass is 549 g/mol. The van der Waals surface area contributed by atoms with Gasteiger partial charge >= 0.3 is 5.97 Å². The third-order valence-electron chi connectivity index (χ3n) is 5.00. The smallest absolute Gasteiger partial charge is 0.339 e. The highest BCUT2D eigenvalue weighted by Gasteiger charge is 2.36. The topological polar surface area (TPSA) is 79.5 Å². The summed E-state index contributed by atoms with van der Waals surface area (Å²) in [4.78, 5) is 25.5. The van der Waals surface area contributed by atoms with Gasteiger partial charge in [-0.25, -0.2) is 4.79 Å². The standard InChI is InChI=1S/C25H22Cl3N3O3S/c1-34-22(33)18-14-8-9-15-19(18)29-24(35)31-23(25(26,27)28)30-21(32)20(16-10-4-2-5-11-16)17-12-6-3-7-13-17/h2-15,20,23H,1H3,(H,30,32)(H2,29,31,35). The minimum atomic E-state index is -1.96. The Labute approximate surface area is 223 Å². The van der Waals surface area contributed by atoms with Crippen LogP contribution in [0.1, 0.15) is 27.4 Å². The van der Waals surface area contributed by atoms with Gasteiger partial charge < -0.3 is 20.7 Å². The Hall–Kier alpha value is -2.84. The Morgan fingerprint density at radius 2 is 1.34 bits per heavy atom. The van der Waals surface area contributed by atoms with E-state index in [1.807, 2.05) is 60.7 Å². The number of ether oxygens (including phenoxy) is 1. The van der Waals surface area contributed by atoms with Crippen molar-refractivity contribution in [2.75, 3.05) is 12.4 Å². The molecular weight excluding hydrogens is 529 g/mol. The molecule has 0 heterocycles. The summed E-state index contributed by atoms with van der Waals surface area (Å²) in [6.07, 6.45) is -1.19. The number of rotatable bonds is 7. The quantitative estimate of drug-likeness (QED) is 0.158. The number of carbonyl (C=O) groups is 2. The van der Waals surface area contributed by atoms with Crippen LogP contribution < -0.4 is 16.0 Å². The predicted octanol–water partition coefficient (Wildman–Crippen LogP) is 5.40. The van der Waals surface area contributed by atoms with Crippen LogP contribution in [0.25, 0.3) is 0 Å². The van der Waals surface area contributed by atoms with Gasteiger partial charge in [0.2, 0.25) is 9.70 Å². The number of para-hydroxylation sites is 1. The van der Waals surface area contributed by atoms with Gasteiger partial charge in [-0.1, -0.05) is 108 Å². The Balaban J connectivity index is 1.82. The highest BCUT2D eigenvalue weighted by molar-refractivity contribution is 7.80. The summed E-state index contributed by atoms with van der Waals surface area (Å²) in [5.74, 6) is -1.60. The van der Waals surface area contributed by atoms with Crippen molar-refractivity contribution in [3.8, 4) is 0 Å². The van der Waals surface area contributed by atoms with Gasteiger partial charge in [0.05, 0.1) is 24.3 Å². The van der Waals surface area contributed by atoms with Crippen LogP contribution in [0, 0.1) is 0 Å². The zero-order chi connectivity index (χ0) is 25.4. The van der Waals surface area contributed by atoms with Crippen LogP contribution in [-0.2, 0) is 9.53 Å². The highest BCUT2D eigenvalue weighted by atomic mass is 35.6. The molecule has 3 N–H and O–H groups in total. The molecule has 0 aliphatic heterocycles. The van der Waals surface area contributed by atoms with Crippen LogP contribution in [0.3, 0.4) is 0 Å². The molecule has 3 aromatic carbocycles. The molecule has 1 atom stereocenters. The molecule has 0 radical (unpaired) electrons. The van der Waals surface area contributed by atoms with Crippen molar-refractivity contribution in [3.05, 3.63) is 102 Å². The second kappa shape index (κ2) is 12.2. The molecule has 0 aliphatic rings. The minimum Gasteiger partial charge on any atom is -0.465 e. The minimum absolute atomic E-state index is 0.0222. The molecule has 3 aromatic rings. The van der Waals surface area contributed by atoms with E-state index in [-0.39, 0.29) is 10.7 Å². The number of alkyl halides is 3. The summed E-state index contributed by atoms with van der Waals surface area (Å²) in [7, 11) is 1.28. The number of esters is 1. The molecule has 0 bridgehead atoms. The number of halogens is 3. The molecule has 0 fully saturated rings. The van der Waals surface area contributed by atoms with E-state index < -0.39 is 27.8 Å². The van der Waals surface area contributed by atoms with Crippen molar-refractivity contribution in [3.63, 3.8) is 0 Å². The summed E-state index contributed by atoms with van der Waals surface area (Å²) in [6.45, 7) is 0. The van der Waals surface area contributed by atoms with Crippen LogP contribution in [0.4, 0.5) is 5.69 Å². The van der Waals surface area contributed by atoms with Crippen molar-refractivity contribution in [1.82, 2.24) is 10.6 Å². The van der Waals surface area contributed by atoms with Crippen LogP contribution in [-0.4, -0.2) is 34.1 Å². The van der Waals surface area contributed by atoms with E-state index in [0.29, 0.717) is 5.69 Å². The maximum absolute atomic E-state index is 13.5. The fraction of sp³-hybridized carbons (Fsp3) is 0.160. The maximum atomic E-state index is 13.5. The van der Waals surface area contributed by atoms with E-state index in [4.69, 9.17) is 51.8 Å². The highest BCUT2D eigenvalue weighted by Crippen LogP contribution is 2.31. The molecule has 3 rings (SSSR count). The number of nitrogens with one attached hydrogen (secondary N) is 3. The second-order valence-corrected chi connectivity index (χ2v) is 10.2. The molecule has 6 nitrogen and oxygen atoms in total. The van der Waals surface area contributed by atoms with Gasteiger partial charge in [0.1, 0.15) is 6.17 Å². The normalized spacial score (nSPS) is 11.9. The molecule has 10 heteroatoms. The first kappa shape index (κ1) is 26.8. The summed E-state index contributed by atoms with van der Waals surface area (Å²) >= 11 is 23.9. The number of carbonyl (C=O) groups excluding carboxylic acids is 2. The molecule has 0 spiro atoms. The Bertz CT molecular complexity index is 1140. The lowest BCUT2D eigenvalue weighted by Crippen LogP contribution is -2.57. The van der Waals surface area contributed by atoms with E-state index in [1.165, 1.54) is 7.11 Å². The largest absolute Gasteiger partial charge is 0.465 e. The van der Waals surface area contributed by atoms with Crippen molar-refractivity contribution in [1.29, 1.82) is 0 Å². The van der Waals surface area contributed by atoms with E-state index >= 15 is 0 Å². The Kier molecular flexibility index (Phi) is 9.34. The molecular formula is C25H22Cl3N3O3S. The van der Waals surface area contributed by atoms with Gasteiger partial charge in [-0.15, -0.1) is 0 Å². The number of benzene rings is 3. The number of anilines is 1. The number of thiocarbonyl (C=S) groups is 1. The molecule has 0 saturated carbocycles. The third-order valence-corrected chi connectivity index (χ3v) is 5.87. The summed E-state index contributed by atoms with van der Waals surface area (Å²) in [6, 6.07) is 25.2. The molecule has 35 heavy (non-hydrogen) atoms. The lowest BCUT2D eigenvalue weighted by atomic mass is 9.90. The van der Waals surface area contributed by atoms with Crippen LogP contribution in [0.5, 0.6) is 0 Å². The summed E-state index contributed by atoms with van der Waals surface area (Å²) in [5, 5.41) is 8.48. The Morgan fingerprint density at radius 1 is 0.829 bits per heavy atom. The first-order valence-electron chi connectivity index (χ1n) is 10.4. The van der Waals surface area contributed by atoms with Gasteiger partial charge in [-0.05, 0) is 35.5 Å². The average molecular weight is 551 g/mol. The molecule has 182 valence electrons. The summed E-state index contributed by atoms with van der Waals surface area (Å²) < 4.78 is 2.84. The number of hydrogen-bond acceptors (Lipinski definition) is 4. The Morgan fingerprint density at radius 3 is 1.86 bits per heavy atom. The van der Waals surface area contributed by atoms with Crippen molar-refractivity contribution in [2.45, 2.75) is 15.9 Å². The van der Waals surface area contributed by atoms with E-state index in [9.17, 15) is 9.59 Å². The molecule has 1 amide bonds. The lowest BCUT2D eigenvalue weighted by Gasteiger charge is -2.30. The van der Waals surface area contributed by atoms with Gasteiger partial charge in [-0.2, -0.15) is 0 Å². The van der Waals surface area contributed by atoms with Crippen molar-refractivity contribution < 1.29 is 14.3 Å². The lowest BCUT2D eigenvalue weighted by molar-refractivity contribution is -0.122. The van der Waals surface area contributed by atoms with Gasteiger partial charge in [0.25, 0.3) is 0 Å². The van der Waals surface area contributed by atoms with Crippen LogP contribution in [0.15, 0.2) is 84.9 Å². The number of amides is 1. The summed E-state index contributed by atoms with van der Waals surface area (Å²) in [5.41, 5.74) is 2.19. The second-order valence-electron chi connectivity index (χ2n) is 7.37. The zero-order valence-electron chi connectivity index (χ0n) is 18.5. The molecule has 0 aliphatic carbocycles. The average Bonchev–Trinajstić information content (AvgIpc) is 2.84. The van der Waals surface area contributed by atoms with Crippen LogP contribution in [0.2, 0.25) is 0 Å². The predicted molar refractivity (Wildman–Crippen MR) is 144 cm³/mol. The number of hydrogen-bond donors (Lipinski definition) is 3. The molecule has 0 aromatic heterocycles. The van der Waals surface area contributed by atoms with Crippen molar-refractivity contribution >= 4 is 69.7 Å². The van der Waals surface area contributed by atoms with Gasteiger partial charge in [-0.3, -0.25) is 4.79 Å². The van der Waals surface area contributed by atoms with Crippen LogP contribution >= 0.6 is 47.0 Å². The third kappa shape index (κ3) is 7.32. The molecule has 0 saturated heterocycles. The molecule has 1 unspecified atom stereocenters. The number of methoxy groups -OCH3 is 1. The first-order valence-corrected chi connectivity index (χ1v) is 12.0. The zero-order valence-corrected chi connectivity index (χ0v) is 21.6. The maximum Gasteiger partial charge on any atom is 0.339 e.